The molecule has 0 aromatic heterocycles. The van der Waals surface area contributed by atoms with Crippen LogP contribution >= 0.6 is 11.8 Å². The van der Waals surface area contributed by atoms with Gasteiger partial charge >= 0.3 is 0 Å². The Bertz CT molecular complexity index is 660. The highest BCUT2D eigenvalue weighted by Crippen LogP contribution is 2.35. The van der Waals surface area contributed by atoms with E-state index >= 15 is 0 Å². The third-order valence-electron chi connectivity index (χ3n) is 2.53. The monoisotopic (exact) mass is 270 g/mol. The molecular weight excluding hydrogens is 260 g/mol. The number of nitro groups is 1. The molecule has 0 N–H and O–H groups in total. The van der Waals surface area contributed by atoms with Gasteiger partial charge in [0.1, 0.15) is 0 Å². The molecule has 94 valence electrons. The number of nitrogens with zero attached hydrogens (tertiary/aromatic N) is 2. The first kappa shape index (κ1) is 13.1. The van der Waals surface area contributed by atoms with E-state index in [-0.39, 0.29) is 5.69 Å². The van der Waals surface area contributed by atoms with Crippen molar-refractivity contribution in [2.75, 3.05) is 0 Å². The van der Waals surface area contributed by atoms with E-state index in [2.05, 4.69) is 0 Å². The highest BCUT2D eigenvalue weighted by atomic mass is 32.2. The van der Waals surface area contributed by atoms with Crippen molar-refractivity contribution >= 4 is 17.4 Å². The third kappa shape index (κ3) is 3.12. The maximum atomic E-state index is 11.0. The average molecular weight is 270 g/mol. The summed E-state index contributed by atoms with van der Waals surface area (Å²) < 4.78 is 0. The second-order valence-corrected chi connectivity index (χ2v) is 5.08. The molecule has 0 spiro atoms. The number of aryl methyl sites for hydroxylation is 1. The topological polar surface area (TPSA) is 66.9 Å². The van der Waals surface area contributed by atoms with Gasteiger partial charge in [0.25, 0.3) is 5.69 Å². The molecule has 0 aliphatic carbocycles. The van der Waals surface area contributed by atoms with Crippen molar-refractivity contribution in [1.29, 1.82) is 5.26 Å². The summed E-state index contributed by atoms with van der Waals surface area (Å²) in [5, 5.41) is 19.8. The van der Waals surface area contributed by atoms with Crippen LogP contribution in [0.25, 0.3) is 0 Å². The molecule has 0 heterocycles. The van der Waals surface area contributed by atoms with E-state index in [0.717, 1.165) is 10.5 Å². The zero-order valence-corrected chi connectivity index (χ0v) is 11.0. The van der Waals surface area contributed by atoms with Crippen LogP contribution in [-0.4, -0.2) is 4.92 Å². The Labute approximate surface area is 114 Å². The molecule has 2 rings (SSSR count). The van der Waals surface area contributed by atoms with Crippen molar-refractivity contribution in [3.8, 4) is 6.07 Å². The van der Waals surface area contributed by atoms with E-state index in [0.29, 0.717) is 10.5 Å². The van der Waals surface area contributed by atoms with Crippen molar-refractivity contribution in [2.24, 2.45) is 0 Å². The Kier molecular flexibility index (Phi) is 3.83. The Morgan fingerprint density at radius 1 is 1.21 bits per heavy atom. The summed E-state index contributed by atoms with van der Waals surface area (Å²) in [5.41, 5.74) is 1.56. The normalized spacial score (nSPS) is 9.89. The summed E-state index contributed by atoms with van der Waals surface area (Å²) in [6, 6.07) is 14.1. The molecule has 0 aliphatic heterocycles. The van der Waals surface area contributed by atoms with Crippen LogP contribution in [0.1, 0.15) is 11.1 Å². The fourth-order valence-electron chi connectivity index (χ4n) is 1.55. The number of benzene rings is 2. The van der Waals surface area contributed by atoms with Crippen LogP contribution in [0.4, 0.5) is 5.69 Å². The summed E-state index contributed by atoms with van der Waals surface area (Å²) in [5.74, 6) is 0. The maximum absolute atomic E-state index is 11.0. The lowest BCUT2D eigenvalue weighted by atomic mass is 10.2. The lowest BCUT2D eigenvalue weighted by molar-refractivity contribution is -0.387. The zero-order chi connectivity index (χ0) is 13.8. The molecule has 0 unspecified atom stereocenters. The molecule has 0 amide bonds. The first-order valence-electron chi connectivity index (χ1n) is 5.53. The van der Waals surface area contributed by atoms with Crippen LogP contribution in [-0.2, 0) is 0 Å². The minimum atomic E-state index is -0.433. The number of nitriles is 1. The lowest BCUT2D eigenvalue weighted by Crippen LogP contribution is -1.91. The van der Waals surface area contributed by atoms with Crippen molar-refractivity contribution in [1.82, 2.24) is 0 Å². The molecule has 2 aromatic rings. The third-order valence-corrected chi connectivity index (χ3v) is 3.59. The minimum Gasteiger partial charge on any atom is -0.258 e. The Hall–Kier alpha value is -2.32. The molecule has 5 heteroatoms. The molecule has 19 heavy (non-hydrogen) atoms. The SMILES string of the molecule is Cc1ccc(Sc2cc(C#N)ccc2[N+](=O)[O-])cc1. The van der Waals surface area contributed by atoms with Crippen LogP contribution in [0, 0.1) is 28.4 Å². The van der Waals surface area contributed by atoms with E-state index in [1.807, 2.05) is 37.3 Å². The quantitative estimate of drug-likeness (QED) is 0.626. The van der Waals surface area contributed by atoms with Gasteiger partial charge in [-0.1, -0.05) is 29.5 Å². The predicted octanol–water partition coefficient (Wildman–Crippen LogP) is 3.93. The molecule has 0 saturated heterocycles. The average Bonchev–Trinajstić information content (AvgIpc) is 2.41. The second-order valence-electron chi connectivity index (χ2n) is 3.97. The van der Waals surface area contributed by atoms with Gasteiger partial charge in [0, 0.05) is 11.0 Å². The van der Waals surface area contributed by atoms with Crippen LogP contribution in [0.5, 0.6) is 0 Å². The van der Waals surface area contributed by atoms with Crippen molar-refractivity contribution in [3.63, 3.8) is 0 Å². The van der Waals surface area contributed by atoms with Gasteiger partial charge in [0.05, 0.1) is 21.5 Å². The van der Waals surface area contributed by atoms with E-state index in [1.54, 1.807) is 6.07 Å². The van der Waals surface area contributed by atoms with Gasteiger partial charge < -0.3 is 0 Å². The first-order valence-corrected chi connectivity index (χ1v) is 6.35. The second kappa shape index (κ2) is 5.55. The van der Waals surface area contributed by atoms with Gasteiger partial charge in [-0.15, -0.1) is 0 Å². The minimum absolute atomic E-state index is 0.0181. The van der Waals surface area contributed by atoms with Crippen molar-refractivity contribution < 1.29 is 4.92 Å². The van der Waals surface area contributed by atoms with Gasteiger partial charge in [-0.05, 0) is 31.2 Å². The molecule has 2 aromatic carbocycles. The van der Waals surface area contributed by atoms with Gasteiger partial charge in [-0.2, -0.15) is 5.26 Å². The highest BCUT2D eigenvalue weighted by Gasteiger charge is 2.15. The van der Waals surface area contributed by atoms with Crippen molar-refractivity contribution in [3.05, 3.63) is 63.7 Å². The Balaban J connectivity index is 2.40. The summed E-state index contributed by atoms with van der Waals surface area (Å²) in [7, 11) is 0. The summed E-state index contributed by atoms with van der Waals surface area (Å²) >= 11 is 1.29. The van der Waals surface area contributed by atoms with E-state index in [9.17, 15) is 10.1 Å². The van der Waals surface area contributed by atoms with Gasteiger partial charge in [-0.3, -0.25) is 10.1 Å². The molecular formula is C14H10N2O2S. The summed E-state index contributed by atoms with van der Waals surface area (Å²) in [4.78, 5) is 11.9. The van der Waals surface area contributed by atoms with Crippen molar-refractivity contribution in [2.45, 2.75) is 16.7 Å². The largest absolute Gasteiger partial charge is 0.283 e. The number of hydrogen-bond donors (Lipinski definition) is 0. The Morgan fingerprint density at radius 3 is 2.47 bits per heavy atom. The number of nitro benzene ring substituents is 1. The molecule has 4 nitrogen and oxygen atoms in total. The standard InChI is InChI=1S/C14H10N2O2S/c1-10-2-5-12(6-3-10)19-14-8-11(9-15)4-7-13(14)16(17)18/h2-8H,1H3. The molecule has 0 aliphatic rings. The van der Waals surface area contributed by atoms with E-state index in [4.69, 9.17) is 5.26 Å². The van der Waals surface area contributed by atoms with Gasteiger partial charge in [-0.25, -0.2) is 0 Å². The van der Waals surface area contributed by atoms with Crippen LogP contribution in [0.3, 0.4) is 0 Å². The smallest absolute Gasteiger partial charge is 0.258 e. The Morgan fingerprint density at radius 2 is 1.89 bits per heavy atom. The molecule has 0 bridgehead atoms. The van der Waals surface area contributed by atoms with Crippen LogP contribution < -0.4 is 0 Å². The number of hydrogen-bond acceptors (Lipinski definition) is 4. The lowest BCUT2D eigenvalue weighted by Gasteiger charge is -2.04. The molecule has 0 fully saturated rings. The molecule has 0 saturated carbocycles. The van der Waals surface area contributed by atoms with E-state index in [1.165, 1.54) is 23.9 Å². The predicted molar refractivity (Wildman–Crippen MR) is 73.1 cm³/mol. The summed E-state index contributed by atoms with van der Waals surface area (Å²) in [6.07, 6.45) is 0. The van der Waals surface area contributed by atoms with Gasteiger partial charge in [0.2, 0.25) is 0 Å². The molecule has 0 radical (unpaired) electrons. The van der Waals surface area contributed by atoms with Crippen LogP contribution in [0.2, 0.25) is 0 Å². The fourth-order valence-corrected chi connectivity index (χ4v) is 2.51. The summed E-state index contributed by atoms with van der Waals surface area (Å²) in [6.45, 7) is 1.98. The highest BCUT2D eigenvalue weighted by molar-refractivity contribution is 7.99. The zero-order valence-electron chi connectivity index (χ0n) is 10.2. The molecule has 0 atom stereocenters. The number of rotatable bonds is 3. The first-order chi connectivity index (χ1) is 9.10. The van der Waals surface area contributed by atoms with Crippen LogP contribution in [0.15, 0.2) is 52.3 Å². The maximum Gasteiger partial charge on any atom is 0.283 e. The fraction of sp³-hybridized carbons (Fsp3) is 0.0714. The van der Waals surface area contributed by atoms with Gasteiger partial charge in [0.15, 0.2) is 0 Å². The van der Waals surface area contributed by atoms with E-state index < -0.39 is 4.92 Å².